The first-order chi connectivity index (χ1) is 15.7. The van der Waals surface area contributed by atoms with Gasteiger partial charge in [-0.1, -0.05) is 6.58 Å². The average molecular weight is 611 g/mol. The van der Waals surface area contributed by atoms with Crippen LogP contribution in [0, 0.1) is 0 Å². The minimum Gasteiger partial charge on any atom is -0.443 e. The van der Waals surface area contributed by atoms with Gasteiger partial charge in [-0.05, 0) is 13.8 Å². The van der Waals surface area contributed by atoms with Gasteiger partial charge in [0.2, 0.25) is 0 Å². The van der Waals surface area contributed by atoms with Crippen LogP contribution in [0.2, 0.25) is 0 Å². The van der Waals surface area contributed by atoms with Crippen LogP contribution in [0.15, 0.2) is 12.2 Å². The maximum Gasteiger partial charge on any atom is 0.460 e. The molecule has 0 rings (SSSR count). The van der Waals surface area contributed by atoms with Gasteiger partial charge in [-0.2, -0.15) is 79.4 Å². The largest absolute Gasteiger partial charge is 0.460 e. The smallest absolute Gasteiger partial charge is 0.443 e. The van der Waals surface area contributed by atoms with Crippen molar-refractivity contribution in [3.63, 3.8) is 0 Å². The Balaban J connectivity index is 6.76. The van der Waals surface area contributed by atoms with Crippen LogP contribution in [0.25, 0.3) is 0 Å². The topological polar surface area (TPSA) is 72.5 Å². The number of nitrogens with one attached hydrogen (secondary N) is 1. The fourth-order valence-corrected chi connectivity index (χ4v) is 2.99. The zero-order valence-corrected chi connectivity index (χ0v) is 18.1. The lowest BCUT2D eigenvalue weighted by Gasteiger charge is -2.42. The van der Waals surface area contributed by atoms with Gasteiger partial charge in [-0.3, -0.25) is 0 Å². The molecule has 1 unspecified atom stereocenters. The molecule has 0 aliphatic rings. The lowest BCUT2D eigenvalue weighted by molar-refractivity contribution is -0.458. The molecule has 0 saturated heterocycles. The Labute approximate surface area is 193 Å². The molecule has 1 N–H and O–H groups in total. The second kappa shape index (κ2) is 9.29. The van der Waals surface area contributed by atoms with E-state index in [2.05, 4.69) is 11.3 Å². The molecule has 0 bridgehead atoms. The molecule has 0 aromatic carbocycles. The lowest BCUT2D eigenvalue weighted by Crippen LogP contribution is -2.75. The summed E-state index contributed by atoms with van der Waals surface area (Å²) in [5.74, 6) is -53.8. The van der Waals surface area contributed by atoms with Crippen molar-refractivity contribution in [2.24, 2.45) is 0 Å². The first-order valence-corrected chi connectivity index (χ1v) is 9.80. The summed E-state index contributed by atoms with van der Waals surface area (Å²) in [4.78, 5) is 11.1. The lowest BCUT2D eigenvalue weighted by atomic mass is 9.91. The summed E-state index contributed by atoms with van der Waals surface area (Å²) >= 11 is 0. The standard InChI is InChI=1S/C14H10F17NO4S/c1-4(2)6(33)36-5(3)32-37(34,35)14(30,31)12(25,26)10(21,22)8(17,18)7(15,16)9(19,20)11(23,24)13(27,28)29/h5,32H,1H2,2-3H3. The zero-order chi connectivity index (χ0) is 30.6. The molecule has 0 heterocycles. The van der Waals surface area contributed by atoms with Gasteiger partial charge in [0, 0.05) is 5.57 Å². The van der Waals surface area contributed by atoms with Crippen LogP contribution in [0.4, 0.5) is 74.6 Å². The van der Waals surface area contributed by atoms with Gasteiger partial charge < -0.3 is 4.74 Å². The van der Waals surface area contributed by atoms with Gasteiger partial charge in [0.1, 0.15) is 0 Å². The van der Waals surface area contributed by atoms with Gasteiger partial charge in [-0.15, -0.1) is 0 Å². The van der Waals surface area contributed by atoms with Crippen molar-refractivity contribution in [3.8, 4) is 0 Å². The molecule has 0 saturated carbocycles. The first kappa shape index (κ1) is 34.9. The molecule has 0 radical (unpaired) electrons. The number of ether oxygens (including phenoxy) is 1. The third-order valence-electron chi connectivity index (χ3n) is 3.98. The number of carbonyl (C=O) groups is 1. The predicted molar refractivity (Wildman–Crippen MR) is 83.1 cm³/mol. The highest BCUT2D eigenvalue weighted by Crippen LogP contribution is 2.64. The Morgan fingerprint density at radius 2 is 0.973 bits per heavy atom. The van der Waals surface area contributed by atoms with Crippen LogP contribution in [0.1, 0.15) is 13.8 Å². The van der Waals surface area contributed by atoms with E-state index in [1.807, 2.05) is 0 Å². The molecule has 0 fully saturated rings. The van der Waals surface area contributed by atoms with Crippen molar-refractivity contribution in [2.45, 2.75) is 67.0 Å². The highest BCUT2D eigenvalue weighted by Gasteiger charge is 2.96. The van der Waals surface area contributed by atoms with Crippen LogP contribution in [-0.2, 0) is 19.6 Å². The molecule has 37 heavy (non-hydrogen) atoms. The predicted octanol–water partition coefficient (Wildman–Crippen LogP) is 5.34. The molecule has 220 valence electrons. The van der Waals surface area contributed by atoms with Crippen molar-refractivity contribution in [3.05, 3.63) is 12.2 Å². The second-order valence-electron chi connectivity index (χ2n) is 6.91. The number of alkyl halides is 17. The summed E-state index contributed by atoms with van der Waals surface area (Å²) in [6.45, 7) is 3.90. The Hall–Kier alpha value is -2.07. The molecule has 0 aromatic rings. The normalized spacial score (nSPS) is 16.4. The number of carbonyl (C=O) groups excluding carboxylic acids is 1. The molecule has 23 heteroatoms. The summed E-state index contributed by atoms with van der Waals surface area (Å²) in [5.41, 5.74) is -0.631. The summed E-state index contributed by atoms with van der Waals surface area (Å²) < 4.78 is 251. The van der Waals surface area contributed by atoms with Gasteiger partial charge in [0.15, 0.2) is 6.23 Å². The Bertz CT molecular complexity index is 1000. The molecular weight excluding hydrogens is 601 g/mol. The summed E-state index contributed by atoms with van der Waals surface area (Å²) in [5, 5.41) is -7.76. The van der Waals surface area contributed by atoms with Gasteiger partial charge in [0.05, 0.1) is 0 Å². The number of esters is 1. The number of halogens is 17. The third kappa shape index (κ3) is 5.03. The Morgan fingerprint density at radius 1 is 0.676 bits per heavy atom. The minimum absolute atomic E-state index is 0.200. The van der Waals surface area contributed by atoms with E-state index < -0.39 is 74.8 Å². The molecular formula is C14H10F17NO4S. The highest BCUT2D eigenvalue weighted by molar-refractivity contribution is 7.90. The van der Waals surface area contributed by atoms with E-state index in [1.54, 1.807) is 0 Å². The molecule has 0 aliphatic heterocycles. The zero-order valence-electron chi connectivity index (χ0n) is 17.3. The number of hydrogen-bond acceptors (Lipinski definition) is 4. The van der Waals surface area contributed by atoms with E-state index in [0.29, 0.717) is 0 Å². The third-order valence-corrected chi connectivity index (χ3v) is 5.56. The molecule has 5 nitrogen and oxygen atoms in total. The van der Waals surface area contributed by atoms with Crippen molar-refractivity contribution >= 4 is 16.0 Å². The number of rotatable bonds is 11. The van der Waals surface area contributed by atoms with E-state index in [4.69, 9.17) is 0 Å². The number of hydrogen-bond donors (Lipinski definition) is 1. The Kier molecular flexibility index (Phi) is 8.77. The average Bonchev–Trinajstić information content (AvgIpc) is 2.65. The summed E-state index contributed by atoms with van der Waals surface area (Å²) in [6.07, 6.45) is -10.7. The van der Waals surface area contributed by atoms with Gasteiger partial charge >= 0.3 is 52.9 Å². The monoisotopic (exact) mass is 611 g/mol. The minimum atomic E-state index is -8.93. The molecule has 1 atom stereocenters. The maximum atomic E-state index is 13.8. The molecule has 0 spiro atoms. The number of sulfonamides is 1. The molecule has 0 aliphatic carbocycles. The van der Waals surface area contributed by atoms with Crippen LogP contribution in [0.3, 0.4) is 0 Å². The van der Waals surface area contributed by atoms with Crippen LogP contribution < -0.4 is 4.72 Å². The fraction of sp³-hybridized carbons (Fsp3) is 0.786. The molecule has 0 aromatic heterocycles. The summed E-state index contributed by atoms with van der Waals surface area (Å²) in [7, 11) is -7.58. The van der Waals surface area contributed by atoms with Crippen molar-refractivity contribution in [2.75, 3.05) is 0 Å². The van der Waals surface area contributed by atoms with E-state index in [9.17, 15) is 87.8 Å². The first-order valence-electron chi connectivity index (χ1n) is 8.32. The van der Waals surface area contributed by atoms with Gasteiger partial charge in [-0.25, -0.2) is 13.2 Å². The van der Waals surface area contributed by atoms with Crippen molar-refractivity contribution in [1.82, 2.24) is 4.72 Å². The van der Waals surface area contributed by atoms with E-state index >= 15 is 0 Å². The highest BCUT2D eigenvalue weighted by atomic mass is 32.2. The SMILES string of the molecule is C=C(C)C(=O)OC(C)NS(=O)(=O)C(F)(F)C(F)(F)C(F)(F)C(F)(F)C(F)(F)C(F)(F)C(F)(F)C(F)(F)F. The molecule has 0 amide bonds. The van der Waals surface area contributed by atoms with Crippen LogP contribution in [-0.4, -0.2) is 67.6 Å². The van der Waals surface area contributed by atoms with Crippen molar-refractivity contribution in [1.29, 1.82) is 0 Å². The quantitative estimate of drug-likeness (QED) is 0.148. The summed E-state index contributed by atoms with van der Waals surface area (Å²) in [6, 6.07) is 0. The van der Waals surface area contributed by atoms with Crippen LogP contribution >= 0.6 is 0 Å². The van der Waals surface area contributed by atoms with Crippen LogP contribution in [0.5, 0.6) is 0 Å². The maximum absolute atomic E-state index is 13.8. The Morgan fingerprint density at radius 3 is 1.27 bits per heavy atom. The second-order valence-corrected chi connectivity index (χ2v) is 8.67. The van der Waals surface area contributed by atoms with E-state index in [-0.39, 0.29) is 11.6 Å². The van der Waals surface area contributed by atoms with Gasteiger partial charge in [0.25, 0.3) is 10.0 Å². The van der Waals surface area contributed by atoms with E-state index in [0.717, 1.165) is 6.92 Å². The fourth-order valence-electron chi connectivity index (χ4n) is 1.90. The van der Waals surface area contributed by atoms with E-state index in [1.165, 1.54) is 0 Å². The van der Waals surface area contributed by atoms with Crippen molar-refractivity contribution < 1.29 is 92.6 Å².